The Bertz CT molecular complexity index is 398. The van der Waals surface area contributed by atoms with Gasteiger partial charge in [-0.15, -0.1) is 0 Å². The normalized spacial score (nSPS) is 38.5. The van der Waals surface area contributed by atoms with Crippen molar-refractivity contribution >= 4 is 15.9 Å². The fraction of sp³-hybridized carbons (Fsp3) is 0.571. The fourth-order valence-corrected chi connectivity index (χ4v) is 4.94. The van der Waals surface area contributed by atoms with Gasteiger partial charge >= 0.3 is 0 Å². The highest BCUT2D eigenvalue weighted by Gasteiger charge is 2.46. The van der Waals surface area contributed by atoms with Crippen molar-refractivity contribution in [2.45, 2.75) is 43.4 Å². The number of rotatable bonds is 0. The Labute approximate surface area is 100 Å². The molecule has 0 nitrogen and oxygen atoms in total. The molecule has 0 amide bonds. The van der Waals surface area contributed by atoms with Gasteiger partial charge in [-0.3, -0.25) is 0 Å². The summed E-state index contributed by atoms with van der Waals surface area (Å²) in [5, 5.41) is 0. The molecule has 15 heavy (non-hydrogen) atoms. The zero-order valence-electron chi connectivity index (χ0n) is 9.22. The van der Waals surface area contributed by atoms with Crippen LogP contribution in [-0.2, 0) is 10.7 Å². The summed E-state index contributed by atoms with van der Waals surface area (Å²) in [5.41, 5.74) is 3.67. The molecule has 1 heteroatoms. The van der Waals surface area contributed by atoms with Crippen LogP contribution < -0.4 is 0 Å². The minimum absolute atomic E-state index is 0.287. The Kier molecular flexibility index (Phi) is 2.04. The third kappa shape index (κ3) is 1.47. The molecule has 1 fully saturated rings. The minimum Gasteiger partial charge on any atom is -0.0801 e. The van der Waals surface area contributed by atoms with Gasteiger partial charge in [0, 0.05) is 0 Å². The quantitative estimate of drug-likeness (QED) is 0.609. The second-order valence-corrected chi connectivity index (χ2v) is 7.16. The second kappa shape index (κ2) is 3.10. The fourth-order valence-electron chi connectivity index (χ4n) is 3.60. The molecule has 2 atom stereocenters. The molecule has 3 rings (SSSR count). The van der Waals surface area contributed by atoms with Gasteiger partial charge in [-0.1, -0.05) is 53.5 Å². The highest BCUT2D eigenvalue weighted by molar-refractivity contribution is 9.09. The van der Waals surface area contributed by atoms with E-state index in [4.69, 9.17) is 0 Å². The molecule has 80 valence electrons. The lowest BCUT2D eigenvalue weighted by Gasteiger charge is -2.49. The lowest BCUT2D eigenvalue weighted by Crippen LogP contribution is -2.40. The van der Waals surface area contributed by atoms with Crippen LogP contribution in [0.4, 0.5) is 0 Å². The first-order chi connectivity index (χ1) is 7.11. The van der Waals surface area contributed by atoms with Crippen LogP contribution in [0.15, 0.2) is 24.3 Å². The minimum atomic E-state index is 0.287. The molecule has 0 unspecified atom stereocenters. The van der Waals surface area contributed by atoms with Gasteiger partial charge in [-0.05, 0) is 42.2 Å². The predicted octanol–water partition coefficient (Wildman–Crippen LogP) is 4.41. The van der Waals surface area contributed by atoms with Crippen molar-refractivity contribution in [1.82, 2.24) is 0 Å². The monoisotopic (exact) mass is 264 g/mol. The third-order valence-electron chi connectivity index (χ3n) is 4.18. The number of hydrogen-bond acceptors (Lipinski definition) is 0. The summed E-state index contributed by atoms with van der Waals surface area (Å²) in [6.07, 6.45) is 6.66. The number of hydrogen-bond donors (Lipinski definition) is 0. The first kappa shape index (κ1) is 9.89. The average Bonchev–Trinajstić information content (AvgIpc) is 2.16. The molecule has 2 aliphatic rings. The first-order valence-electron chi connectivity index (χ1n) is 5.89. The van der Waals surface area contributed by atoms with Gasteiger partial charge in [0.05, 0.1) is 4.32 Å². The molecule has 0 aromatic heterocycles. The van der Waals surface area contributed by atoms with E-state index in [1.165, 1.54) is 32.1 Å². The van der Waals surface area contributed by atoms with Crippen LogP contribution in [0.25, 0.3) is 0 Å². The van der Waals surface area contributed by atoms with Crippen molar-refractivity contribution in [2.75, 3.05) is 0 Å². The van der Waals surface area contributed by atoms with E-state index in [-0.39, 0.29) is 4.32 Å². The van der Waals surface area contributed by atoms with Crippen LogP contribution in [0.1, 0.15) is 43.7 Å². The molecule has 0 heterocycles. The van der Waals surface area contributed by atoms with Crippen molar-refractivity contribution in [2.24, 2.45) is 5.41 Å². The van der Waals surface area contributed by atoms with E-state index in [0.717, 1.165) is 0 Å². The maximum atomic E-state index is 4.02. The zero-order valence-corrected chi connectivity index (χ0v) is 10.8. The van der Waals surface area contributed by atoms with Gasteiger partial charge in [0.15, 0.2) is 0 Å². The number of alkyl halides is 1. The molecular weight excluding hydrogens is 248 g/mol. The molecular formula is C14H17Br. The van der Waals surface area contributed by atoms with Crippen molar-refractivity contribution in [3.05, 3.63) is 35.4 Å². The Morgan fingerprint density at radius 2 is 2.00 bits per heavy atom. The maximum Gasteiger partial charge on any atom is 0.0514 e. The van der Waals surface area contributed by atoms with E-state index < -0.39 is 0 Å². The number of fused-ring (bicyclic) bond motifs is 4. The van der Waals surface area contributed by atoms with Crippen LogP contribution in [0.5, 0.6) is 0 Å². The summed E-state index contributed by atoms with van der Waals surface area (Å²) >= 11 is 4.02. The molecule has 2 aliphatic carbocycles. The molecule has 0 N–H and O–H groups in total. The van der Waals surface area contributed by atoms with E-state index in [9.17, 15) is 0 Å². The molecule has 1 aromatic rings. The highest BCUT2D eigenvalue weighted by Crippen LogP contribution is 2.57. The average molecular weight is 265 g/mol. The van der Waals surface area contributed by atoms with Crippen LogP contribution in [-0.4, -0.2) is 0 Å². The lowest BCUT2D eigenvalue weighted by molar-refractivity contribution is 0.163. The molecule has 0 aliphatic heterocycles. The smallest absolute Gasteiger partial charge is 0.0514 e. The second-order valence-electron chi connectivity index (χ2n) is 5.64. The largest absolute Gasteiger partial charge is 0.0801 e. The summed E-state index contributed by atoms with van der Waals surface area (Å²) < 4.78 is 0.287. The van der Waals surface area contributed by atoms with Gasteiger partial charge in [0.2, 0.25) is 0 Å². The Morgan fingerprint density at radius 1 is 1.20 bits per heavy atom. The molecule has 1 aromatic carbocycles. The number of benzene rings is 1. The molecule has 0 spiro atoms. The molecule has 0 radical (unpaired) electrons. The van der Waals surface area contributed by atoms with Crippen LogP contribution in [0, 0.1) is 5.41 Å². The number of halogens is 1. The first-order valence-corrected chi connectivity index (χ1v) is 6.68. The molecule has 0 saturated heterocycles. The lowest BCUT2D eigenvalue weighted by atomic mass is 9.61. The summed E-state index contributed by atoms with van der Waals surface area (Å²) in [4.78, 5) is 0. The third-order valence-corrected chi connectivity index (χ3v) is 5.28. The molecule has 2 bridgehead atoms. The van der Waals surface area contributed by atoms with Crippen molar-refractivity contribution in [3.8, 4) is 0 Å². The van der Waals surface area contributed by atoms with E-state index in [1.54, 1.807) is 11.1 Å². The maximum absolute atomic E-state index is 4.02. The van der Waals surface area contributed by atoms with Gasteiger partial charge in [-0.25, -0.2) is 0 Å². The summed E-state index contributed by atoms with van der Waals surface area (Å²) in [5.74, 6) is 0. The van der Waals surface area contributed by atoms with E-state index >= 15 is 0 Å². The van der Waals surface area contributed by atoms with E-state index in [0.29, 0.717) is 5.41 Å². The summed E-state index contributed by atoms with van der Waals surface area (Å²) in [6, 6.07) is 8.99. The highest BCUT2D eigenvalue weighted by atomic mass is 79.9. The van der Waals surface area contributed by atoms with Crippen molar-refractivity contribution < 1.29 is 0 Å². The van der Waals surface area contributed by atoms with Gasteiger partial charge in [0.25, 0.3) is 0 Å². The van der Waals surface area contributed by atoms with E-state index in [1.807, 2.05) is 0 Å². The Hall–Kier alpha value is -0.300. The summed E-state index contributed by atoms with van der Waals surface area (Å²) in [6.45, 7) is 2.46. The van der Waals surface area contributed by atoms with Gasteiger partial charge < -0.3 is 0 Å². The van der Waals surface area contributed by atoms with Crippen LogP contribution in [0.2, 0.25) is 0 Å². The summed E-state index contributed by atoms with van der Waals surface area (Å²) in [7, 11) is 0. The Morgan fingerprint density at radius 3 is 2.87 bits per heavy atom. The van der Waals surface area contributed by atoms with Crippen LogP contribution in [0.3, 0.4) is 0 Å². The van der Waals surface area contributed by atoms with Crippen molar-refractivity contribution in [3.63, 3.8) is 0 Å². The van der Waals surface area contributed by atoms with Gasteiger partial charge in [-0.2, -0.15) is 0 Å². The predicted molar refractivity (Wildman–Crippen MR) is 67.3 cm³/mol. The van der Waals surface area contributed by atoms with Gasteiger partial charge in [0.1, 0.15) is 0 Å². The topological polar surface area (TPSA) is 0 Å². The van der Waals surface area contributed by atoms with Crippen molar-refractivity contribution in [1.29, 1.82) is 0 Å². The zero-order chi connectivity index (χ0) is 10.5. The van der Waals surface area contributed by atoms with Crippen LogP contribution >= 0.6 is 15.9 Å². The SMILES string of the molecule is C[C@]12CCC[C@](Br)(C1)c1ccccc1C2. The van der Waals surface area contributed by atoms with E-state index in [2.05, 4.69) is 47.1 Å². The standard InChI is InChI=1S/C14H17Br/c1-13-7-4-8-14(15,10-13)12-6-3-2-5-11(12)9-13/h2-3,5-6H,4,7-10H2,1H3/t13-,14+/m1/s1. The molecule has 1 saturated carbocycles. The Balaban J connectivity index is 2.16.